The number of aliphatic imine (C=N–C) groups is 1. The molecule has 0 fully saturated rings. The molecule has 0 spiro atoms. The second kappa shape index (κ2) is 17.0. The minimum Gasteiger partial charge on any atom is -0.478 e. The van der Waals surface area contributed by atoms with Gasteiger partial charge in [-0.2, -0.15) is 0 Å². The van der Waals surface area contributed by atoms with Gasteiger partial charge in [0.1, 0.15) is 12.1 Å². The molecule has 2 heterocycles. The Balaban J connectivity index is 1.38. The molecule has 7 N–H and O–H groups in total. The van der Waals surface area contributed by atoms with E-state index in [1.807, 2.05) is 18.3 Å². The number of hydrogen-bond donors (Lipinski definition) is 6. The number of allylic oxidation sites excluding steroid dienone is 1. The number of carboxylic acids is 1. The molecule has 3 aromatic rings. The number of aromatic amines is 1. The Labute approximate surface area is 277 Å². The number of carbonyl (C=O) groups excluding carboxylic acids is 1. The zero-order chi connectivity index (χ0) is 33.0. The Hall–Kier alpha value is -4.37. The molecule has 0 radical (unpaired) electrons. The van der Waals surface area contributed by atoms with Gasteiger partial charge in [-0.1, -0.05) is 68.2 Å². The van der Waals surface area contributed by atoms with Crippen molar-refractivity contribution in [2.45, 2.75) is 82.2 Å². The molecule has 5 unspecified atom stereocenters. The fourth-order valence-electron chi connectivity index (χ4n) is 7.31. The first kappa shape index (κ1) is 34.0. The van der Waals surface area contributed by atoms with E-state index in [1.165, 1.54) is 28.0 Å². The standard InChI is InChI=1S/C38H49N5O4/c39-38-41-19-17-34(43-38)33(24-37(46)47)35(42-36-14-7-18-40-36)23-30-16-15-29-21-27-11-5-6-12-28(27)22-32(29)31(30)13-4-2-1-3-9-26(25-45)10-8-20-44/h5-7,11-12,14-16,18,21-22,24-26,30-31,34-35,40,42,44H,1-4,8-10,13,17,19-20,23H2,(H,46,47)(H3,39,41,43). The third kappa shape index (κ3) is 9.35. The number of anilines is 1. The molecule has 1 aliphatic heterocycles. The molecule has 47 heavy (non-hydrogen) atoms. The minimum absolute atomic E-state index is 0.0348. The predicted molar refractivity (Wildman–Crippen MR) is 189 cm³/mol. The van der Waals surface area contributed by atoms with Crippen LogP contribution < -0.4 is 16.4 Å². The monoisotopic (exact) mass is 639 g/mol. The highest BCUT2D eigenvalue weighted by Crippen LogP contribution is 2.43. The Morgan fingerprint density at radius 1 is 1.06 bits per heavy atom. The van der Waals surface area contributed by atoms with E-state index in [1.54, 1.807) is 0 Å². The number of nitrogens with zero attached hydrogens (tertiary/aromatic N) is 1. The number of carbonyl (C=O) groups is 2. The SMILES string of the molecule is NC1=NCCC(C(=CC(=O)O)C(CC2C=Cc3cc4ccccc4cc3C2CCCCCCC(C=O)CCCO)Nc2ccc[nH]2)N1. The lowest BCUT2D eigenvalue weighted by Crippen LogP contribution is -2.48. The molecule has 1 aromatic heterocycles. The van der Waals surface area contributed by atoms with Gasteiger partial charge < -0.3 is 36.4 Å². The highest BCUT2D eigenvalue weighted by Gasteiger charge is 2.33. The third-order valence-electron chi connectivity index (χ3n) is 9.71. The maximum atomic E-state index is 12.2. The van der Waals surface area contributed by atoms with E-state index in [0.29, 0.717) is 31.8 Å². The molecule has 2 aliphatic rings. The summed E-state index contributed by atoms with van der Waals surface area (Å²) in [6.07, 6.45) is 17.7. The normalized spacial score (nSPS) is 20.6. The molecule has 1 aliphatic carbocycles. The van der Waals surface area contributed by atoms with E-state index < -0.39 is 5.97 Å². The summed E-state index contributed by atoms with van der Waals surface area (Å²) in [7, 11) is 0. The van der Waals surface area contributed by atoms with Gasteiger partial charge in [0.2, 0.25) is 0 Å². The number of nitrogens with one attached hydrogen (secondary N) is 3. The quantitative estimate of drug-likeness (QED) is 0.0536. The smallest absolute Gasteiger partial charge is 0.328 e. The lowest BCUT2D eigenvalue weighted by Gasteiger charge is -2.36. The van der Waals surface area contributed by atoms with Crippen molar-refractivity contribution >= 4 is 40.9 Å². The van der Waals surface area contributed by atoms with Crippen LogP contribution in [0.3, 0.4) is 0 Å². The molecule has 0 saturated carbocycles. The van der Waals surface area contributed by atoms with Gasteiger partial charge >= 0.3 is 5.97 Å². The first-order chi connectivity index (χ1) is 22.9. The lowest BCUT2D eigenvalue weighted by atomic mass is 9.72. The highest BCUT2D eigenvalue weighted by atomic mass is 16.4. The number of benzene rings is 2. The van der Waals surface area contributed by atoms with Gasteiger partial charge in [0.25, 0.3) is 0 Å². The number of guanidine groups is 1. The molecule has 9 nitrogen and oxygen atoms in total. The highest BCUT2D eigenvalue weighted by molar-refractivity contribution is 5.87. The van der Waals surface area contributed by atoms with Gasteiger partial charge in [0, 0.05) is 31.3 Å². The van der Waals surface area contributed by atoms with Crippen molar-refractivity contribution in [2.24, 2.45) is 22.6 Å². The maximum Gasteiger partial charge on any atom is 0.328 e. The molecule has 0 bridgehead atoms. The van der Waals surface area contributed by atoms with Crippen LogP contribution in [0.1, 0.15) is 81.3 Å². The van der Waals surface area contributed by atoms with Gasteiger partial charge in [0.15, 0.2) is 5.96 Å². The minimum atomic E-state index is -0.984. The second-order valence-electron chi connectivity index (χ2n) is 13.0. The Kier molecular flexibility index (Phi) is 12.3. The van der Waals surface area contributed by atoms with Crippen LogP contribution in [-0.2, 0) is 9.59 Å². The fourth-order valence-corrected chi connectivity index (χ4v) is 7.31. The Morgan fingerprint density at radius 2 is 1.85 bits per heavy atom. The molecular weight excluding hydrogens is 590 g/mol. The van der Waals surface area contributed by atoms with Crippen LogP contribution in [0.4, 0.5) is 5.82 Å². The number of nitrogens with two attached hydrogens (primary N) is 1. The maximum absolute atomic E-state index is 12.2. The number of unbranched alkanes of at least 4 members (excludes halogenated alkanes) is 3. The molecule has 9 heteroatoms. The number of carboxylic acid groups (broad SMARTS) is 1. The van der Waals surface area contributed by atoms with Crippen molar-refractivity contribution in [3.63, 3.8) is 0 Å². The van der Waals surface area contributed by atoms with Crippen LogP contribution in [-0.4, -0.2) is 58.6 Å². The van der Waals surface area contributed by atoms with Crippen molar-refractivity contribution in [3.8, 4) is 0 Å². The number of aldehydes is 1. The summed E-state index contributed by atoms with van der Waals surface area (Å²) in [6, 6.07) is 16.5. The van der Waals surface area contributed by atoms with Crippen LogP contribution in [0, 0.1) is 11.8 Å². The van der Waals surface area contributed by atoms with E-state index in [2.05, 4.69) is 69.2 Å². The van der Waals surface area contributed by atoms with Gasteiger partial charge in [-0.05, 0) is 96.0 Å². The molecule has 2 aromatic carbocycles. The summed E-state index contributed by atoms with van der Waals surface area (Å²) in [5.74, 6) is 0.645. The first-order valence-electron chi connectivity index (χ1n) is 17.1. The zero-order valence-corrected chi connectivity index (χ0v) is 27.1. The van der Waals surface area contributed by atoms with Gasteiger partial charge in [-0.15, -0.1) is 0 Å². The van der Waals surface area contributed by atoms with Crippen molar-refractivity contribution in [2.75, 3.05) is 18.5 Å². The number of aliphatic hydroxyl groups excluding tert-OH is 1. The molecular formula is C38H49N5O4. The summed E-state index contributed by atoms with van der Waals surface area (Å²) >= 11 is 0. The molecule has 5 atom stereocenters. The number of H-pyrrole nitrogens is 1. The van der Waals surface area contributed by atoms with E-state index >= 15 is 0 Å². The summed E-state index contributed by atoms with van der Waals surface area (Å²) < 4.78 is 0. The Bertz CT molecular complexity index is 1560. The van der Waals surface area contributed by atoms with E-state index in [9.17, 15) is 14.7 Å². The average molecular weight is 640 g/mol. The number of fused-ring (bicyclic) bond motifs is 2. The molecule has 250 valence electrons. The zero-order valence-electron chi connectivity index (χ0n) is 27.1. The van der Waals surface area contributed by atoms with Crippen LogP contribution in [0.15, 0.2) is 77.4 Å². The third-order valence-corrected chi connectivity index (χ3v) is 9.71. The van der Waals surface area contributed by atoms with Crippen molar-refractivity contribution in [1.29, 1.82) is 0 Å². The fraction of sp³-hybridized carbons (Fsp3) is 0.447. The molecule has 5 rings (SSSR count). The Morgan fingerprint density at radius 3 is 2.57 bits per heavy atom. The summed E-state index contributed by atoms with van der Waals surface area (Å²) in [4.78, 5) is 31.2. The average Bonchev–Trinajstić information content (AvgIpc) is 3.59. The van der Waals surface area contributed by atoms with Crippen LogP contribution >= 0.6 is 0 Å². The van der Waals surface area contributed by atoms with Crippen molar-refractivity contribution < 1.29 is 19.8 Å². The van der Waals surface area contributed by atoms with Crippen LogP contribution in [0.5, 0.6) is 0 Å². The van der Waals surface area contributed by atoms with E-state index in [4.69, 9.17) is 10.8 Å². The number of hydrogen-bond acceptors (Lipinski definition) is 7. The van der Waals surface area contributed by atoms with Gasteiger partial charge in [-0.3, -0.25) is 4.99 Å². The number of aliphatic carboxylic acids is 1. The topological polar surface area (TPSA) is 153 Å². The lowest BCUT2D eigenvalue weighted by molar-refractivity contribution is -0.131. The molecule has 0 amide bonds. The largest absolute Gasteiger partial charge is 0.478 e. The predicted octanol–water partition coefficient (Wildman–Crippen LogP) is 6.38. The molecule has 0 saturated heterocycles. The van der Waals surface area contributed by atoms with Crippen LogP contribution in [0.2, 0.25) is 0 Å². The summed E-state index contributed by atoms with van der Waals surface area (Å²) in [5.41, 5.74) is 9.42. The first-order valence-corrected chi connectivity index (χ1v) is 17.1. The van der Waals surface area contributed by atoms with E-state index in [-0.39, 0.29) is 36.4 Å². The van der Waals surface area contributed by atoms with Crippen molar-refractivity contribution in [1.82, 2.24) is 10.3 Å². The van der Waals surface area contributed by atoms with Gasteiger partial charge in [-0.25, -0.2) is 4.79 Å². The van der Waals surface area contributed by atoms with Crippen molar-refractivity contribution in [3.05, 3.63) is 83.6 Å². The number of aliphatic hydroxyl groups is 1. The number of rotatable bonds is 18. The summed E-state index contributed by atoms with van der Waals surface area (Å²) in [6.45, 7) is 0.670. The van der Waals surface area contributed by atoms with Gasteiger partial charge in [0.05, 0.1) is 12.1 Å². The number of aromatic nitrogens is 1. The van der Waals surface area contributed by atoms with Crippen LogP contribution in [0.25, 0.3) is 16.8 Å². The second-order valence-corrected chi connectivity index (χ2v) is 13.0. The van der Waals surface area contributed by atoms with E-state index in [0.717, 1.165) is 62.6 Å². The summed E-state index contributed by atoms with van der Waals surface area (Å²) in [5, 5.41) is 28.4.